The Balaban J connectivity index is 2.21. The van der Waals surface area contributed by atoms with Gasteiger partial charge >= 0.3 is 0 Å². The molecule has 0 saturated carbocycles. The zero-order valence-corrected chi connectivity index (χ0v) is 11.7. The maximum atomic E-state index is 6.54. The molecule has 1 heterocycles. The molecule has 0 fully saturated rings. The Morgan fingerprint density at radius 2 is 1.79 bits per heavy atom. The first kappa shape index (κ1) is 12.4. The highest BCUT2D eigenvalue weighted by atomic mass is 35.5. The topological polar surface area (TPSA) is 12.9 Å². The molecule has 19 heavy (non-hydrogen) atoms. The average Bonchev–Trinajstić information content (AvgIpc) is 2.46. The van der Waals surface area contributed by atoms with Gasteiger partial charge < -0.3 is 0 Å². The minimum atomic E-state index is 0.818. The lowest BCUT2D eigenvalue weighted by atomic mass is 10.0. The fraction of sp³-hybridized carbons (Fsp3) is 0.235. The van der Waals surface area contributed by atoms with Crippen molar-refractivity contribution in [2.75, 3.05) is 0 Å². The smallest absolute Gasteiger partial charge is 0.0724 e. The molecular formula is C17H16ClN. The number of hydrogen-bond donors (Lipinski definition) is 0. The normalized spacial score (nSPS) is 11.3. The Hall–Kier alpha value is -1.60. The van der Waals surface area contributed by atoms with Gasteiger partial charge in [0, 0.05) is 10.8 Å². The Morgan fingerprint density at radius 1 is 1.00 bits per heavy atom. The molecule has 0 atom stereocenters. The van der Waals surface area contributed by atoms with Gasteiger partial charge in [0.2, 0.25) is 0 Å². The first-order chi connectivity index (χ1) is 9.29. The van der Waals surface area contributed by atoms with E-state index in [2.05, 4.69) is 30.1 Å². The second kappa shape index (κ2) is 5.18. The summed E-state index contributed by atoms with van der Waals surface area (Å²) >= 11 is 6.54. The molecule has 0 amide bonds. The van der Waals surface area contributed by atoms with Crippen LogP contribution in [0.3, 0.4) is 0 Å². The van der Waals surface area contributed by atoms with E-state index in [0.717, 1.165) is 33.2 Å². The Kier molecular flexibility index (Phi) is 3.39. The quantitative estimate of drug-likeness (QED) is 0.582. The van der Waals surface area contributed by atoms with Gasteiger partial charge in [0.25, 0.3) is 0 Å². The highest BCUT2D eigenvalue weighted by molar-refractivity contribution is 6.40. The van der Waals surface area contributed by atoms with Crippen LogP contribution in [0.15, 0.2) is 42.5 Å². The summed E-state index contributed by atoms with van der Waals surface area (Å²) in [7, 11) is 0. The first-order valence-electron chi connectivity index (χ1n) is 6.76. The molecule has 0 radical (unpaired) electrons. The zero-order valence-electron chi connectivity index (χ0n) is 11.0. The van der Waals surface area contributed by atoms with Crippen LogP contribution in [0.1, 0.15) is 25.3 Å². The maximum absolute atomic E-state index is 6.54. The monoisotopic (exact) mass is 269 g/mol. The maximum Gasteiger partial charge on any atom is 0.0724 e. The summed E-state index contributed by atoms with van der Waals surface area (Å²) in [5.41, 5.74) is 3.28. The van der Waals surface area contributed by atoms with Crippen LogP contribution < -0.4 is 0 Å². The van der Waals surface area contributed by atoms with Gasteiger partial charge in [-0.2, -0.15) is 0 Å². The molecule has 0 unspecified atom stereocenters. The summed E-state index contributed by atoms with van der Waals surface area (Å²) in [6, 6.07) is 14.5. The third-order valence-corrected chi connectivity index (χ3v) is 3.91. The molecule has 96 valence electrons. The van der Waals surface area contributed by atoms with E-state index in [4.69, 9.17) is 11.6 Å². The van der Waals surface area contributed by atoms with E-state index in [9.17, 15) is 0 Å². The highest BCUT2D eigenvalue weighted by Gasteiger charge is 2.07. The molecule has 0 aliphatic heterocycles. The Bertz CT molecular complexity index is 734. The number of para-hydroxylation sites is 1. The third-order valence-electron chi connectivity index (χ3n) is 3.50. The fourth-order valence-electron chi connectivity index (χ4n) is 2.42. The lowest BCUT2D eigenvalue weighted by Crippen LogP contribution is -1.88. The number of benzene rings is 2. The molecule has 0 aliphatic rings. The molecule has 0 aliphatic carbocycles. The van der Waals surface area contributed by atoms with Crippen molar-refractivity contribution < 1.29 is 0 Å². The minimum absolute atomic E-state index is 0.818. The van der Waals surface area contributed by atoms with Crippen molar-refractivity contribution in [1.29, 1.82) is 0 Å². The van der Waals surface area contributed by atoms with Crippen LogP contribution in [0.2, 0.25) is 5.02 Å². The summed E-state index contributed by atoms with van der Waals surface area (Å²) in [4.78, 5) is 4.68. The van der Waals surface area contributed by atoms with E-state index < -0.39 is 0 Å². The minimum Gasteiger partial charge on any atom is -0.248 e. The third kappa shape index (κ3) is 2.31. The first-order valence-corrected chi connectivity index (χ1v) is 7.14. The van der Waals surface area contributed by atoms with Crippen LogP contribution in [0.5, 0.6) is 0 Å². The van der Waals surface area contributed by atoms with Crippen molar-refractivity contribution in [3.8, 4) is 0 Å². The Labute approximate surface area is 118 Å². The summed E-state index contributed by atoms with van der Waals surface area (Å²) < 4.78 is 0. The molecule has 3 aromatic rings. The standard InChI is InChI=1S/C17H16ClN/c1-2-3-6-12-9-10-16-14(11-12)17(18)13-7-4-5-8-15(13)19-16/h4-5,7-11H,2-3,6H2,1H3. The number of aryl methyl sites for hydroxylation is 1. The molecule has 0 bridgehead atoms. The van der Waals surface area contributed by atoms with Crippen molar-refractivity contribution >= 4 is 33.4 Å². The number of nitrogens with zero attached hydrogens (tertiary/aromatic N) is 1. The van der Waals surface area contributed by atoms with Crippen LogP contribution in [-0.2, 0) is 6.42 Å². The predicted molar refractivity (Wildman–Crippen MR) is 82.9 cm³/mol. The molecule has 0 spiro atoms. The number of rotatable bonds is 3. The van der Waals surface area contributed by atoms with E-state index in [-0.39, 0.29) is 0 Å². The van der Waals surface area contributed by atoms with E-state index in [0.29, 0.717) is 0 Å². The van der Waals surface area contributed by atoms with Gasteiger partial charge in [0.05, 0.1) is 16.1 Å². The average molecular weight is 270 g/mol. The van der Waals surface area contributed by atoms with Crippen LogP contribution in [-0.4, -0.2) is 4.98 Å². The van der Waals surface area contributed by atoms with Crippen molar-refractivity contribution in [2.24, 2.45) is 0 Å². The van der Waals surface area contributed by atoms with Crippen LogP contribution in [0, 0.1) is 0 Å². The van der Waals surface area contributed by atoms with Crippen molar-refractivity contribution in [1.82, 2.24) is 4.98 Å². The van der Waals surface area contributed by atoms with E-state index in [1.807, 2.05) is 24.3 Å². The molecule has 2 heteroatoms. The summed E-state index contributed by atoms with van der Waals surface area (Å²) in [6.45, 7) is 2.21. The van der Waals surface area contributed by atoms with Gasteiger partial charge in [-0.05, 0) is 36.6 Å². The molecule has 3 rings (SSSR count). The SMILES string of the molecule is CCCCc1ccc2nc3ccccc3c(Cl)c2c1. The van der Waals surface area contributed by atoms with E-state index >= 15 is 0 Å². The number of halogens is 1. The largest absolute Gasteiger partial charge is 0.248 e. The van der Waals surface area contributed by atoms with Crippen LogP contribution in [0.4, 0.5) is 0 Å². The summed E-state index contributed by atoms with van der Waals surface area (Å²) in [5, 5.41) is 2.91. The zero-order chi connectivity index (χ0) is 13.2. The summed E-state index contributed by atoms with van der Waals surface area (Å²) in [6.07, 6.45) is 3.53. The van der Waals surface area contributed by atoms with Gasteiger partial charge in [-0.25, -0.2) is 4.98 Å². The molecule has 2 aromatic carbocycles. The van der Waals surface area contributed by atoms with Gasteiger partial charge in [-0.3, -0.25) is 0 Å². The molecule has 0 saturated heterocycles. The van der Waals surface area contributed by atoms with Gasteiger partial charge in [-0.1, -0.05) is 49.2 Å². The number of unbranched alkanes of at least 4 members (excludes halogenated alkanes) is 1. The number of fused-ring (bicyclic) bond motifs is 2. The number of pyridine rings is 1. The molecular weight excluding hydrogens is 254 g/mol. The van der Waals surface area contributed by atoms with Crippen LogP contribution in [0.25, 0.3) is 21.8 Å². The van der Waals surface area contributed by atoms with Crippen molar-refractivity contribution in [3.63, 3.8) is 0 Å². The van der Waals surface area contributed by atoms with Gasteiger partial charge in [0.1, 0.15) is 0 Å². The van der Waals surface area contributed by atoms with Crippen molar-refractivity contribution in [2.45, 2.75) is 26.2 Å². The molecule has 1 nitrogen and oxygen atoms in total. The summed E-state index contributed by atoms with van der Waals surface area (Å²) in [5.74, 6) is 0. The van der Waals surface area contributed by atoms with E-state index in [1.165, 1.54) is 18.4 Å². The lowest BCUT2D eigenvalue weighted by Gasteiger charge is -2.07. The second-order valence-electron chi connectivity index (χ2n) is 4.90. The Morgan fingerprint density at radius 3 is 2.63 bits per heavy atom. The van der Waals surface area contributed by atoms with Crippen LogP contribution >= 0.6 is 11.6 Å². The van der Waals surface area contributed by atoms with E-state index in [1.54, 1.807) is 0 Å². The highest BCUT2D eigenvalue weighted by Crippen LogP contribution is 2.30. The fourth-order valence-corrected chi connectivity index (χ4v) is 2.74. The number of hydrogen-bond acceptors (Lipinski definition) is 1. The lowest BCUT2D eigenvalue weighted by molar-refractivity contribution is 0.796. The van der Waals surface area contributed by atoms with Crippen molar-refractivity contribution in [3.05, 3.63) is 53.1 Å². The number of aromatic nitrogens is 1. The van der Waals surface area contributed by atoms with Gasteiger partial charge in [-0.15, -0.1) is 0 Å². The second-order valence-corrected chi connectivity index (χ2v) is 5.28. The predicted octanol–water partition coefficient (Wildman–Crippen LogP) is 5.38. The van der Waals surface area contributed by atoms with Gasteiger partial charge in [0.15, 0.2) is 0 Å². The molecule has 1 aromatic heterocycles. The molecule has 0 N–H and O–H groups in total.